The van der Waals surface area contributed by atoms with Crippen molar-refractivity contribution in [3.05, 3.63) is 53.1 Å². The number of rotatable bonds is 6. The van der Waals surface area contributed by atoms with Crippen molar-refractivity contribution in [3.8, 4) is 11.5 Å². The number of ether oxygens (including phenoxy) is 1. The number of aromatic hydroxyl groups is 1. The van der Waals surface area contributed by atoms with Crippen molar-refractivity contribution in [2.24, 2.45) is 5.92 Å². The predicted octanol–water partition coefficient (Wildman–Crippen LogP) is 5.81. The number of anilines is 1. The molecule has 2 N–H and O–H groups in total. The van der Waals surface area contributed by atoms with Gasteiger partial charge in [0.1, 0.15) is 11.5 Å². The molecule has 0 saturated carbocycles. The Hall–Kier alpha value is -3.02. The monoisotopic (exact) mass is 494 g/mol. The van der Waals surface area contributed by atoms with Gasteiger partial charge < -0.3 is 20.1 Å². The molecule has 0 aromatic heterocycles. The van der Waals surface area contributed by atoms with Crippen LogP contribution in [-0.4, -0.2) is 42.0 Å². The van der Waals surface area contributed by atoms with E-state index in [1.165, 1.54) is 0 Å². The Morgan fingerprint density at radius 2 is 1.56 bits per heavy atom. The molecule has 1 heterocycles. The number of hydrogen-bond donors (Lipinski definition) is 2. The average molecular weight is 495 g/mol. The molecule has 0 spiro atoms. The van der Waals surface area contributed by atoms with E-state index in [0.717, 1.165) is 16.7 Å². The van der Waals surface area contributed by atoms with Gasteiger partial charge in [-0.15, -0.1) is 0 Å². The van der Waals surface area contributed by atoms with E-state index in [-0.39, 0.29) is 28.6 Å². The Morgan fingerprint density at radius 3 is 2.08 bits per heavy atom. The number of benzene rings is 2. The SMILES string of the molecule is COc1ccccc1NC(=O)C1CCN(C(=O)CCc2cc(C(C)(C)C)c(O)c(C(C)(C)C)c2)CC1. The van der Waals surface area contributed by atoms with E-state index in [9.17, 15) is 14.7 Å². The van der Waals surface area contributed by atoms with Gasteiger partial charge in [0.05, 0.1) is 12.8 Å². The molecule has 2 aromatic carbocycles. The highest BCUT2D eigenvalue weighted by atomic mass is 16.5. The molecular formula is C30H42N2O4. The Bertz CT molecular complexity index is 1050. The van der Waals surface area contributed by atoms with Crippen LogP contribution in [0.2, 0.25) is 0 Å². The van der Waals surface area contributed by atoms with Crippen LogP contribution in [0.3, 0.4) is 0 Å². The third-order valence-corrected chi connectivity index (χ3v) is 7.00. The Balaban J connectivity index is 1.60. The molecule has 2 amide bonds. The van der Waals surface area contributed by atoms with Crippen molar-refractivity contribution in [3.63, 3.8) is 0 Å². The first-order chi connectivity index (χ1) is 16.8. The Morgan fingerprint density at radius 1 is 1.00 bits per heavy atom. The number of phenolic OH excluding ortho intramolecular Hbond substituents is 1. The van der Waals surface area contributed by atoms with Gasteiger partial charge in [-0.2, -0.15) is 0 Å². The molecule has 1 saturated heterocycles. The van der Waals surface area contributed by atoms with Crippen LogP contribution in [0.15, 0.2) is 36.4 Å². The minimum atomic E-state index is -0.198. The maximum absolute atomic E-state index is 13.0. The fraction of sp³-hybridized carbons (Fsp3) is 0.533. The molecule has 6 heteroatoms. The topological polar surface area (TPSA) is 78.9 Å². The normalized spacial score (nSPS) is 15.0. The minimum absolute atomic E-state index is 0.0277. The van der Waals surface area contributed by atoms with Crippen LogP contribution in [0.4, 0.5) is 5.69 Å². The summed E-state index contributed by atoms with van der Waals surface area (Å²) in [4.78, 5) is 27.7. The number of phenols is 1. The lowest BCUT2D eigenvalue weighted by Gasteiger charge is -2.32. The number of nitrogens with zero attached hydrogens (tertiary/aromatic N) is 1. The van der Waals surface area contributed by atoms with Crippen molar-refractivity contribution in [1.82, 2.24) is 4.90 Å². The summed E-state index contributed by atoms with van der Waals surface area (Å²) >= 11 is 0. The van der Waals surface area contributed by atoms with Crippen LogP contribution in [0, 0.1) is 5.92 Å². The van der Waals surface area contributed by atoms with Crippen molar-refractivity contribution in [2.75, 3.05) is 25.5 Å². The maximum Gasteiger partial charge on any atom is 0.227 e. The minimum Gasteiger partial charge on any atom is -0.507 e. The number of hydrogen-bond acceptors (Lipinski definition) is 4. The van der Waals surface area contributed by atoms with Gasteiger partial charge in [-0.25, -0.2) is 0 Å². The second-order valence-electron chi connectivity index (χ2n) is 11.9. The third kappa shape index (κ3) is 6.59. The number of amides is 2. The number of para-hydroxylation sites is 2. The molecule has 0 aliphatic carbocycles. The number of aryl methyl sites for hydroxylation is 1. The average Bonchev–Trinajstić information content (AvgIpc) is 2.82. The van der Waals surface area contributed by atoms with Crippen molar-refractivity contribution in [2.45, 2.75) is 78.1 Å². The fourth-order valence-corrected chi connectivity index (χ4v) is 4.77. The van der Waals surface area contributed by atoms with Crippen LogP contribution in [-0.2, 0) is 26.8 Å². The first-order valence-electron chi connectivity index (χ1n) is 12.9. The molecule has 1 fully saturated rings. The predicted molar refractivity (Wildman–Crippen MR) is 145 cm³/mol. The van der Waals surface area contributed by atoms with Gasteiger partial charge in [-0.3, -0.25) is 9.59 Å². The van der Waals surface area contributed by atoms with Crippen molar-refractivity contribution in [1.29, 1.82) is 0 Å². The van der Waals surface area contributed by atoms with Gasteiger partial charge in [-0.05, 0) is 58.9 Å². The molecule has 1 aliphatic heterocycles. The quantitative estimate of drug-likeness (QED) is 0.531. The third-order valence-electron chi connectivity index (χ3n) is 7.00. The first-order valence-corrected chi connectivity index (χ1v) is 12.9. The van der Waals surface area contributed by atoms with E-state index in [1.54, 1.807) is 7.11 Å². The molecule has 196 valence electrons. The number of methoxy groups -OCH3 is 1. The lowest BCUT2D eigenvalue weighted by Crippen LogP contribution is -2.41. The number of piperidine rings is 1. The van der Waals surface area contributed by atoms with Gasteiger partial charge >= 0.3 is 0 Å². The molecule has 3 rings (SSSR count). The van der Waals surface area contributed by atoms with E-state index >= 15 is 0 Å². The van der Waals surface area contributed by atoms with E-state index in [4.69, 9.17) is 4.74 Å². The van der Waals surface area contributed by atoms with Gasteiger partial charge in [0.2, 0.25) is 11.8 Å². The number of carbonyl (C=O) groups excluding carboxylic acids is 2. The molecule has 0 bridgehead atoms. The van der Waals surface area contributed by atoms with E-state index < -0.39 is 0 Å². The van der Waals surface area contributed by atoms with Crippen molar-refractivity contribution < 1.29 is 19.4 Å². The molecule has 1 aliphatic rings. The van der Waals surface area contributed by atoms with Gasteiger partial charge in [-0.1, -0.05) is 65.8 Å². The molecule has 0 unspecified atom stereocenters. The largest absolute Gasteiger partial charge is 0.507 e. The zero-order chi connectivity index (χ0) is 26.7. The zero-order valence-corrected chi connectivity index (χ0v) is 22.9. The fourth-order valence-electron chi connectivity index (χ4n) is 4.77. The number of likely N-dealkylation sites (tertiary alicyclic amines) is 1. The van der Waals surface area contributed by atoms with Crippen LogP contribution < -0.4 is 10.1 Å². The first kappa shape index (κ1) is 27.6. The summed E-state index contributed by atoms with van der Waals surface area (Å²) < 4.78 is 5.32. The van der Waals surface area contributed by atoms with Crippen LogP contribution in [0.5, 0.6) is 11.5 Å². The highest BCUT2D eigenvalue weighted by Crippen LogP contribution is 2.40. The Kier molecular flexibility index (Phi) is 8.37. The van der Waals surface area contributed by atoms with Crippen LogP contribution in [0.1, 0.15) is 77.5 Å². The Labute approximate surface area is 216 Å². The molecule has 36 heavy (non-hydrogen) atoms. The summed E-state index contributed by atoms with van der Waals surface area (Å²) in [5.74, 6) is 0.955. The van der Waals surface area contributed by atoms with Gasteiger partial charge in [0, 0.05) is 25.4 Å². The molecular weight excluding hydrogens is 452 g/mol. The summed E-state index contributed by atoms with van der Waals surface area (Å²) in [6.45, 7) is 13.7. The highest BCUT2D eigenvalue weighted by molar-refractivity contribution is 5.94. The van der Waals surface area contributed by atoms with E-state index in [0.29, 0.717) is 56.0 Å². The number of nitrogens with one attached hydrogen (secondary N) is 1. The maximum atomic E-state index is 13.0. The molecule has 2 aromatic rings. The summed E-state index contributed by atoms with van der Waals surface area (Å²) in [6.07, 6.45) is 2.33. The van der Waals surface area contributed by atoms with Gasteiger partial charge in [0.15, 0.2) is 0 Å². The summed E-state index contributed by atoms with van der Waals surface area (Å²) in [6, 6.07) is 11.5. The van der Waals surface area contributed by atoms with E-state index in [1.807, 2.05) is 41.3 Å². The molecule has 0 radical (unpaired) electrons. The van der Waals surface area contributed by atoms with E-state index in [2.05, 4.69) is 46.9 Å². The smallest absolute Gasteiger partial charge is 0.227 e. The van der Waals surface area contributed by atoms with Crippen LogP contribution in [0.25, 0.3) is 0 Å². The second kappa shape index (κ2) is 10.9. The van der Waals surface area contributed by atoms with Gasteiger partial charge in [0.25, 0.3) is 0 Å². The summed E-state index contributed by atoms with van der Waals surface area (Å²) in [5, 5.41) is 13.9. The standard InChI is InChI=1S/C30H42N2O4/c1-29(2,3)22-18-20(19-23(27(22)34)30(4,5)6)12-13-26(33)32-16-14-21(15-17-32)28(35)31-24-10-8-9-11-25(24)36-7/h8-11,18-19,21,34H,12-17H2,1-7H3,(H,31,35). The summed E-state index contributed by atoms with van der Waals surface area (Å²) in [7, 11) is 1.58. The molecule has 6 nitrogen and oxygen atoms in total. The lowest BCUT2D eigenvalue weighted by molar-refractivity contribution is -0.134. The van der Waals surface area contributed by atoms with Crippen molar-refractivity contribution >= 4 is 17.5 Å². The summed E-state index contributed by atoms with van der Waals surface area (Å²) in [5.41, 5.74) is 3.18. The lowest BCUT2D eigenvalue weighted by atomic mass is 9.78. The second-order valence-corrected chi connectivity index (χ2v) is 11.9. The zero-order valence-electron chi connectivity index (χ0n) is 22.9. The highest BCUT2D eigenvalue weighted by Gasteiger charge is 2.29. The van der Waals surface area contributed by atoms with Crippen LogP contribution >= 0.6 is 0 Å². The number of carbonyl (C=O) groups is 2. The molecule has 0 atom stereocenters.